The van der Waals surface area contributed by atoms with Crippen LogP contribution in [0.1, 0.15) is 41.5 Å². The number of rotatable bonds is 4. The summed E-state index contributed by atoms with van der Waals surface area (Å²) in [5.41, 5.74) is -4.29. The van der Waals surface area contributed by atoms with Crippen molar-refractivity contribution in [2.75, 3.05) is 27.2 Å². The van der Waals surface area contributed by atoms with E-state index in [2.05, 4.69) is 14.1 Å². The molecular weight excluding hydrogens is 673 g/mol. The summed E-state index contributed by atoms with van der Waals surface area (Å²) in [6, 6.07) is 13.6. The second-order valence-electron chi connectivity index (χ2n) is 12.8. The number of hydrogen-bond donors (Lipinski definition) is 0. The second kappa shape index (κ2) is 13.8. The fraction of sp³-hybridized carbons (Fsp3) is 0.314. The van der Waals surface area contributed by atoms with Gasteiger partial charge in [-0.05, 0) is 19.3 Å². The molecule has 0 N–H and O–H groups in total. The average molecular weight is 705 g/mol. The smallest absolute Gasteiger partial charge is 0.328 e. The monoisotopic (exact) mass is 705 g/mol. The second-order valence-corrected chi connectivity index (χ2v) is 12.8. The Labute approximate surface area is 275 Å². The Morgan fingerprint density at radius 3 is 0.714 bits per heavy atom. The highest BCUT2D eigenvalue weighted by molar-refractivity contribution is 7.19. The Morgan fingerprint density at radius 1 is 0.367 bits per heavy atom. The van der Waals surface area contributed by atoms with Crippen molar-refractivity contribution >= 4 is 28.0 Å². The molecule has 0 amide bonds. The molecular formula is C35H32BF12N. The van der Waals surface area contributed by atoms with Gasteiger partial charge in [0.05, 0.1) is 49.4 Å². The minimum Gasteiger partial charge on any atom is -0.328 e. The molecule has 0 bridgehead atoms. The predicted octanol–water partition coefficient (Wildman–Crippen LogP) is 8.39. The van der Waals surface area contributed by atoms with Crippen LogP contribution in [-0.2, 0) is 24.7 Å². The van der Waals surface area contributed by atoms with Gasteiger partial charge in [-0.3, -0.25) is 0 Å². The normalized spacial score (nSPS) is 15.7. The number of benzene rings is 4. The Morgan fingerprint density at radius 2 is 0.571 bits per heavy atom. The quantitative estimate of drug-likeness (QED) is 0.114. The molecule has 4 aromatic carbocycles. The summed E-state index contributed by atoms with van der Waals surface area (Å²) >= 11 is 0. The molecule has 0 radical (unpaired) electrons. The minimum absolute atomic E-state index is 0.0114. The summed E-state index contributed by atoms with van der Waals surface area (Å²) < 4.78 is 161. The molecule has 0 unspecified atom stereocenters. The molecule has 5 rings (SSSR count). The van der Waals surface area contributed by atoms with Gasteiger partial charge in [0.15, 0.2) is 0 Å². The van der Waals surface area contributed by atoms with Crippen LogP contribution in [0.25, 0.3) is 0 Å². The fourth-order valence-electron chi connectivity index (χ4n) is 6.37. The van der Waals surface area contributed by atoms with Gasteiger partial charge in [0.1, 0.15) is 6.15 Å². The number of hydrogen-bond acceptors (Lipinski definition) is 0. The zero-order valence-electron chi connectivity index (χ0n) is 26.3. The van der Waals surface area contributed by atoms with E-state index in [1.807, 2.05) is 0 Å². The van der Waals surface area contributed by atoms with Crippen LogP contribution in [0.15, 0.2) is 97.1 Å². The zero-order chi connectivity index (χ0) is 36.5. The van der Waals surface area contributed by atoms with Gasteiger partial charge in [-0.1, -0.05) is 97.1 Å². The van der Waals surface area contributed by atoms with E-state index in [0.29, 0.717) is 48.5 Å². The highest BCUT2D eigenvalue weighted by atomic mass is 19.4. The zero-order valence-corrected chi connectivity index (χ0v) is 26.3. The summed E-state index contributed by atoms with van der Waals surface area (Å²) in [7, 11) is 4.64. The van der Waals surface area contributed by atoms with Crippen LogP contribution in [0.5, 0.6) is 0 Å². The van der Waals surface area contributed by atoms with Crippen molar-refractivity contribution in [1.82, 2.24) is 0 Å². The molecule has 0 saturated carbocycles. The van der Waals surface area contributed by atoms with Gasteiger partial charge in [-0.2, -0.15) is 74.5 Å². The largest absolute Gasteiger partial charge is 0.416 e. The van der Waals surface area contributed by atoms with E-state index in [9.17, 15) is 52.7 Å². The standard InChI is InChI=1S/C28H16BF12.C7H16N/c30-25(31,32)17-1-9-21(10-2-17)29(22-11-3-18(4-12-22)26(33,34)35,23-13-5-19(6-14-23)27(36,37)38)24-15-7-20(8-16-24)28(39,40)41;1-8(2)6-4-3-5-7-8/h1-16H;3-7H2,1-2H3/q-1;+1. The molecule has 49 heavy (non-hydrogen) atoms. The molecule has 1 fully saturated rings. The lowest BCUT2D eigenvalue weighted by Gasteiger charge is -2.44. The lowest BCUT2D eigenvalue weighted by atomic mass is 9.13. The lowest BCUT2D eigenvalue weighted by molar-refractivity contribution is -0.894. The summed E-state index contributed by atoms with van der Waals surface area (Å²) in [5.74, 6) is 0. The van der Waals surface area contributed by atoms with Crippen molar-refractivity contribution in [1.29, 1.82) is 0 Å². The third-order valence-corrected chi connectivity index (χ3v) is 8.98. The number of alkyl halides is 12. The van der Waals surface area contributed by atoms with Gasteiger partial charge in [0.25, 0.3) is 0 Å². The molecule has 0 aliphatic carbocycles. The third-order valence-electron chi connectivity index (χ3n) is 8.98. The summed E-state index contributed by atoms with van der Waals surface area (Å²) in [6.45, 7) is 2.78. The van der Waals surface area contributed by atoms with Gasteiger partial charge < -0.3 is 4.48 Å². The Kier molecular flexibility index (Phi) is 10.6. The Balaban J connectivity index is 0.000000592. The number of piperidine rings is 1. The van der Waals surface area contributed by atoms with E-state index in [-0.39, 0.29) is 21.9 Å². The summed E-state index contributed by atoms with van der Waals surface area (Å²) in [4.78, 5) is 0. The van der Waals surface area contributed by atoms with Gasteiger partial charge >= 0.3 is 24.7 Å². The molecule has 1 aliphatic heterocycles. The lowest BCUT2D eigenvalue weighted by Crippen LogP contribution is -2.74. The molecule has 0 atom stereocenters. The summed E-state index contributed by atoms with van der Waals surface area (Å²) in [5, 5.41) is 0. The van der Waals surface area contributed by atoms with E-state index in [1.165, 1.54) is 36.8 Å². The summed E-state index contributed by atoms with van der Waals surface area (Å²) in [6.07, 6.45) is -17.7. The number of nitrogens with zero attached hydrogens (tertiary/aromatic N) is 1. The van der Waals surface area contributed by atoms with Crippen molar-refractivity contribution in [3.8, 4) is 0 Å². The maximum atomic E-state index is 13.3. The molecule has 14 heteroatoms. The van der Waals surface area contributed by atoms with Crippen molar-refractivity contribution in [3.05, 3.63) is 119 Å². The van der Waals surface area contributed by atoms with E-state index >= 15 is 0 Å². The Bertz CT molecular complexity index is 1420. The SMILES string of the molecule is C[N+]1(C)CCCCC1.FC(F)(F)c1ccc([B-](c2ccc(C(F)(F)F)cc2)(c2ccc(C(F)(F)F)cc2)c2ccc(C(F)(F)F)cc2)cc1. The first kappa shape index (κ1) is 37.9. The molecule has 4 aromatic rings. The minimum atomic E-state index is -4.77. The number of likely N-dealkylation sites (tertiary alicyclic amines) is 1. The van der Waals surface area contributed by atoms with Crippen molar-refractivity contribution < 1.29 is 57.2 Å². The van der Waals surface area contributed by atoms with E-state index < -0.39 is 53.1 Å². The van der Waals surface area contributed by atoms with Crippen LogP contribution in [0.2, 0.25) is 0 Å². The molecule has 1 saturated heterocycles. The third kappa shape index (κ3) is 8.81. The maximum Gasteiger partial charge on any atom is 0.416 e. The fourth-order valence-corrected chi connectivity index (χ4v) is 6.37. The van der Waals surface area contributed by atoms with Crippen LogP contribution in [0, 0.1) is 0 Å². The van der Waals surface area contributed by atoms with Crippen LogP contribution in [-0.4, -0.2) is 37.8 Å². The molecule has 264 valence electrons. The van der Waals surface area contributed by atoms with Gasteiger partial charge in [-0.15, -0.1) is 0 Å². The van der Waals surface area contributed by atoms with Gasteiger partial charge in [-0.25, -0.2) is 0 Å². The molecule has 1 heterocycles. The van der Waals surface area contributed by atoms with Gasteiger partial charge in [0.2, 0.25) is 0 Å². The van der Waals surface area contributed by atoms with Gasteiger partial charge in [0, 0.05) is 0 Å². The van der Waals surface area contributed by atoms with Crippen LogP contribution >= 0.6 is 0 Å². The molecule has 1 aliphatic rings. The Hall–Kier alpha value is -3.94. The first-order valence-electron chi connectivity index (χ1n) is 15.2. The van der Waals surface area contributed by atoms with Crippen LogP contribution in [0.3, 0.4) is 0 Å². The predicted molar refractivity (Wildman–Crippen MR) is 166 cm³/mol. The highest BCUT2D eigenvalue weighted by Crippen LogP contribution is 2.32. The van der Waals surface area contributed by atoms with E-state index in [4.69, 9.17) is 0 Å². The maximum absolute atomic E-state index is 13.3. The topological polar surface area (TPSA) is 0 Å². The molecule has 0 aromatic heterocycles. The molecule has 1 nitrogen and oxygen atoms in total. The van der Waals surface area contributed by atoms with Crippen LogP contribution in [0.4, 0.5) is 52.7 Å². The van der Waals surface area contributed by atoms with Crippen molar-refractivity contribution in [2.24, 2.45) is 0 Å². The van der Waals surface area contributed by atoms with Crippen LogP contribution < -0.4 is 21.9 Å². The highest BCUT2D eigenvalue weighted by Gasteiger charge is 2.38. The molecule has 0 spiro atoms. The van der Waals surface area contributed by atoms with E-state index in [0.717, 1.165) is 48.5 Å². The van der Waals surface area contributed by atoms with Crippen molar-refractivity contribution in [3.63, 3.8) is 0 Å². The number of quaternary nitrogens is 1. The average Bonchev–Trinajstić information content (AvgIpc) is 3.01. The number of halogens is 12. The van der Waals surface area contributed by atoms with E-state index in [1.54, 1.807) is 0 Å². The first-order chi connectivity index (χ1) is 22.5. The first-order valence-corrected chi connectivity index (χ1v) is 15.2. The van der Waals surface area contributed by atoms with Crippen molar-refractivity contribution in [2.45, 2.75) is 44.0 Å².